The summed E-state index contributed by atoms with van der Waals surface area (Å²) in [5.41, 5.74) is 0.915. The zero-order chi connectivity index (χ0) is 13.9. The lowest BCUT2D eigenvalue weighted by molar-refractivity contribution is 0.398. The van der Waals surface area contributed by atoms with Crippen LogP contribution < -0.4 is 10.0 Å². The van der Waals surface area contributed by atoms with Gasteiger partial charge in [-0.2, -0.15) is 0 Å². The highest BCUT2D eigenvalue weighted by atomic mass is 79.9. The molecule has 1 aromatic carbocycles. The van der Waals surface area contributed by atoms with Crippen LogP contribution in [0.3, 0.4) is 0 Å². The Balaban J connectivity index is 2.02. The van der Waals surface area contributed by atoms with Gasteiger partial charge in [0.25, 0.3) is 0 Å². The van der Waals surface area contributed by atoms with E-state index >= 15 is 0 Å². The zero-order valence-corrected chi connectivity index (χ0v) is 13.4. The number of hydrogen-bond acceptors (Lipinski definition) is 3. The number of benzene rings is 1. The summed E-state index contributed by atoms with van der Waals surface area (Å²) >= 11 is 3.37. The van der Waals surface area contributed by atoms with Crippen molar-refractivity contribution in [3.63, 3.8) is 0 Å². The molecule has 2 rings (SSSR count). The molecular formula is C13H19BrN2O2S. The van der Waals surface area contributed by atoms with Crippen LogP contribution in [-0.4, -0.2) is 27.5 Å². The van der Waals surface area contributed by atoms with Crippen molar-refractivity contribution >= 4 is 26.0 Å². The molecule has 0 aliphatic carbocycles. The van der Waals surface area contributed by atoms with Gasteiger partial charge in [-0.25, -0.2) is 13.1 Å². The van der Waals surface area contributed by atoms with Gasteiger partial charge in [0, 0.05) is 17.1 Å². The largest absolute Gasteiger partial charge is 0.313 e. The molecule has 0 saturated carbocycles. The molecule has 1 atom stereocenters. The summed E-state index contributed by atoms with van der Waals surface area (Å²) < 4.78 is 28.0. The van der Waals surface area contributed by atoms with Crippen molar-refractivity contribution in [3.05, 3.63) is 28.2 Å². The Morgan fingerprint density at radius 2 is 2.21 bits per heavy atom. The van der Waals surface area contributed by atoms with Gasteiger partial charge in [-0.05, 0) is 50.1 Å². The number of sulfonamides is 1. The summed E-state index contributed by atoms with van der Waals surface area (Å²) in [7, 11) is -3.41. The summed E-state index contributed by atoms with van der Waals surface area (Å²) in [5.74, 6) is 0. The van der Waals surface area contributed by atoms with Crippen LogP contribution in [0.15, 0.2) is 27.6 Å². The molecule has 1 aliphatic heterocycles. The maximum absolute atomic E-state index is 12.2. The molecule has 0 bridgehead atoms. The van der Waals surface area contributed by atoms with Crippen LogP contribution in [0.25, 0.3) is 0 Å². The molecule has 1 aromatic rings. The van der Waals surface area contributed by atoms with Gasteiger partial charge in [0.1, 0.15) is 0 Å². The number of nitrogens with one attached hydrogen (secondary N) is 2. The minimum absolute atomic E-state index is 0.250. The van der Waals surface area contributed by atoms with Gasteiger partial charge in [0.15, 0.2) is 0 Å². The van der Waals surface area contributed by atoms with E-state index in [9.17, 15) is 8.42 Å². The minimum atomic E-state index is -3.41. The second kappa shape index (κ2) is 6.35. The molecule has 0 spiro atoms. The van der Waals surface area contributed by atoms with E-state index in [1.807, 2.05) is 6.92 Å². The number of hydrogen-bond donors (Lipinski definition) is 2. The third kappa shape index (κ3) is 4.02. The molecule has 1 heterocycles. The van der Waals surface area contributed by atoms with E-state index < -0.39 is 10.0 Å². The van der Waals surface area contributed by atoms with E-state index in [4.69, 9.17) is 0 Å². The van der Waals surface area contributed by atoms with Gasteiger partial charge in [-0.15, -0.1) is 0 Å². The summed E-state index contributed by atoms with van der Waals surface area (Å²) in [5, 5.41) is 3.33. The highest BCUT2D eigenvalue weighted by Crippen LogP contribution is 2.20. The van der Waals surface area contributed by atoms with E-state index in [0.717, 1.165) is 29.4 Å². The lowest BCUT2D eigenvalue weighted by Gasteiger charge is -2.23. The molecule has 0 radical (unpaired) electrons. The molecule has 1 aliphatic rings. The van der Waals surface area contributed by atoms with Crippen LogP contribution in [0.4, 0.5) is 0 Å². The average Bonchev–Trinajstić information content (AvgIpc) is 2.41. The first-order chi connectivity index (χ1) is 8.99. The third-order valence-corrected chi connectivity index (χ3v) is 5.68. The molecule has 0 aromatic heterocycles. The summed E-state index contributed by atoms with van der Waals surface area (Å²) in [6, 6.07) is 5.32. The fourth-order valence-electron chi connectivity index (χ4n) is 2.18. The Hall–Kier alpha value is -0.430. The Kier molecular flexibility index (Phi) is 5.00. The lowest BCUT2D eigenvalue weighted by Crippen LogP contribution is -2.43. The number of piperidine rings is 1. The fourth-order valence-corrected chi connectivity index (χ4v) is 3.59. The van der Waals surface area contributed by atoms with Crippen molar-refractivity contribution in [1.29, 1.82) is 0 Å². The minimum Gasteiger partial charge on any atom is -0.313 e. The maximum Gasteiger partial charge on any atom is 0.240 e. The Morgan fingerprint density at radius 1 is 1.42 bits per heavy atom. The molecule has 106 valence electrons. The average molecular weight is 347 g/mol. The number of aryl methyl sites for hydroxylation is 1. The molecule has 1 fully saturated rings. The Labute approximate surface area is 123 Å². The van der Waals surface area contributed by atoms with Crippen LogP contribution in [0.2, 0.25) is 0 Å². The van der Waals surface area contributed by atoms with E-state index in [1.165, 1.54) is 6.42 Å². The maximum atomic E-state index is 12.2. The van der Waals surface area contributed by atoms with Crippen LogP contribution in [0, 0.1) is 6.92 Å². The van der Waals surface area contributed by atoms with Gasteiger partial charge in [-0.3, -0.25) is 0 Å². The highest BCUT2D eigenvalue weighted by Gasteiger charge is 2.18. The topological polar surface area (TPSA) is 58.2 Å². The molecule has 0 amide bonds. The van der Waals surface area contributed by atoms with Gasteiger partial charge in [0.05, 0.1) is 4.90 Å². The molecule has 2 N–H and O–H groups in total. The van der Waals surface area contributed by atoms with E-state index in [2.05, 4.69) is 26.0 Å². The van der Waals surface area contributed by atoms with Crippen LogP contribution in [0.5, 0.6) is 0 Å². The van der Waals surface area contributed by atoms with Crippen LogP contribution >= 0.6 is 15.9 Å². The Morgan fingerprint density at radius 3 is 2.84 bits per heavy atom. The van der Waals surface area contributed by atoms with E-state index in [1.54, 1.807) is 18.2 Å². The van der Waals surface area contributed by atoms with E-state index in [0.29, 0.717) is 11.4 Å². The lowest BCUT2D eigenvalue weighted by atomic mass is 10.1. The van der Waals surface area contributed by atoms with E-state index in [-0.39, 0.29) is 6.04 Å². The predicted octanol–water partition coefficient (Wildman–Crippen LogP) is 2.18. The first kappa shape index (κ1) is 15.0. The monoisotopic (exact) mass is 346 g/mol. The molecule has 1 unspecified atom stereocenters. The SMILES string of the molecule is Cc1cc(S(=O)(=O)NCC2CCCCN2)ccc1Br. The Bertz CT molecular complexity index is 540. The smallest absolute Gasteiger partial charge is 0.240 e. The van der Waals surface area contributed by atoms with Gasteiger partial charge < -0.3 is 5.32 Å². The number of rotatable bonds is 4. The van der Waals surface area contributed by atoms with Gasteiger partial charge in [-0.1, -0.05) is 22.4 Å². The highest BCUT2D eigenvalue weighted by molar-refractivity contribution is 9.10. The van der Waals surface area contributed by atoms with Gasteiger partial charge >= 0.3 is 0 Å². The second-order valence-corrected chi connectivity index (χ2v) is 7.53. The van der Waals surface area contributed by atoms with Crippen LogP contribution in [-0.2, 0) is 10.0 Å². The standard InChI is InChI=1S/C13H19BrN2O2S/c1-10-8-12(5-6-13(10)14)19(17,18)16-9-11-4-2-3-7-15-11/h5-6,8,11,15-16H,2-4,7,9H2,1H3. The van der Waals surface area contributed by atoms with Crippen molar-refractivity contribution in [2.24, 2.45) is 0 Å². The third-order valence-electron chi connectivity index (χ3n) is 3.37. The molecule has 1 saturated heterocycles. The van der Waals surface area contributed by atoms with Crippen LogP contribution in [0.1, 0.15) is 24.8 Å². The predicted molar refractivity (Wildman–Crippen MR) is 79.7 cm³/mol. The first-order valence-electron chi connectivity index (χ1n) is 6.48. The molecular weight excluding hydrogens is 328 g/mol. The number of halogens is 1. The zero-order valence-electron chi connectivity index (χ0n) is 10.9. The second-order valence-electron chi connectivity index (χ2n) is 4.91. The summed E-state index contributed by atoms with van der Waals surface area (Å²) in [6.07, 6.45) is 3.37. The van der Waals surface area contributed by atoms with Crippen molar-refractivity contribution in [1.82, 2.24) is 10.0 Å². The quantitative estimate of drug-likeness (QED) is 0.878. The molecule has 6 heteroatoms. The fraction of sp³-hybridized carbons (Fsp3) is 0.538. The first-order valence-corrected chi connectivity index (χ1v) is 8.76. The van der Waals surface area contributed by atoms with Gasteiger partial charge in [0.2, 0.25) is 10.0 Å². The molecule has 19 heavy (non-hydrogen) atoms. The summed E-state index contributed by atoms with van der Waals surface area (Å²) in [4.78, 5) is 0.323. The van der Waals surface area contributed by atoms with Crippen molar-refractivity contribution in [2.75, 3.05) is 13.1 Å². The van der Waals surface area contributed by atoms with Crippen molar-refractivity contribution in [2.45, 2.75) is 37.1 Å². The normalized spacial score (nSPS) is 20.4. The van der Waals surface area contributed by atoms with Crippen molar-refractivity contribution in [3.8, 4) is 0 Å². The summed E-state index contributed by atoms with van der Waals surface area (Å²) in [6.45, 7) is 3.31. The molecule has 4 nitrogen and oxygen atoms in total. The van der Waals surface area contributed by atoms with Crippen molar-refractivity contribution < 1.29 is 8.42 Å².